The van der Waals surface area contributed by atoms with Crippen LogP contribution in [0, 0.1) is 0 Å². The van der Waals surface area contributed by atoms with Crippen LogP contribution in [0.5, 0.6) is 5.75 Å². The molecule has 0 saturated carbocycles. The van der Waals surface area contributed by atoms with Crippen molar-refractivity contribution in [3.8, 4) is 5.75 Å². The van der Waals surface area contributed by atoms with Gasteiger partial charge in [0.1, 0.15) is 5.75 Å². The maximum Gasteiger partial charge on any atom is 0.345 e. The molecule has 2 aromatic rings. The Morgan fingerprint density at radius 3 is 2.21 bits per heavy atom. The number of amides is 1. The van der Waals surface area contributed by atoms with Gasteiger partial charge < -0.3 is 14.4 Å². The van der Waals surface area contributed by atoms with Crippen LogP contribution >= 0.6 is 0 Å². The number of carbonyl (C=O) groups is 3. The molecule has 1 saturated heterocycles. The molecule has 1 aliphatic rings. The molecule has 6 heteroatoms. The number of esters is 1. The lowest BCUT2D eigenvalue weighted by molar-refractivity contribution is -0.163. The maximum atomic E-state index is 13.0. The van der Waals surface area contributed by atoms with Gasteiger partial charge in [0.2, 0.25) is 6.10 Å². The lowest BCUT2D eigenvalue weighted by Gasteiger charge is -2.30. The average molecular weight is 395 g/mol. The van der Waals surface area contributed by atoms with Gasteiger partial charge in [0.05, 0.1) is 0 Å². The first-order valence-electron chi connectivity index (χ1n) is 9.81. The Hall–Kier alpha value is -3.15. The Morgan fingerprint density at radius 1 is 0.931 bits per heavy atom. The van der Waals surface area contributed by atoms with E-state index in [-0.39, 0.29) is 18.3 Å². The quantitative estimate of drug-likeness (QED) is 0.529. The van der Waals surface area contributed by atoms with Crippen LogP contribution in [0.15, 0.2) is 54.6 Å². The maximum absolute atomic E-state index is 13.0. The summed E-state index contributed by atoms with van der Waals surface area (Å²) < 4.78 is 11.0. The summed E-state index contributed by atoms with van der Waals surface area (Å²) in [5, 5.41) is 0. The van der Waals surface area contributed by atoms with E-state index in [0.29, 0.717) is 30.0 Å². The number of hydrogen-bond donors (Lipinski definition) is 0. The van der Waals surface area contributed by atoms with Gasteiger partial charge in [0, 0.05) is 24.2 Å². The zero-order valence-electron chi connectivity index (χ0n) is 16.5. The number of Topliss-reactive ketones (excluding diaryl/α,β-unsaturated/α-hetero) is 1. The normalized spacial score (nSPS) is 14.7. The Morgan fingerprint density at radius 2 is 1.59 bits per heavy atom. The second-order valence-corrected chi connectivity index (χ2v) is 7.04. The highest BCUT2D eigenvalue weighted by molar-refractivity contribution is 5.94. The van der Waals surface area contributed by atoms with Crippen LogP contribution in [0.3, 0.4) is 0 Å². The van der Waals surface area contributed by atoms with Crippen LogP contribution < -0.4 is 4.74 Å². The topological polar surface area (TPSA) is 72.9 Å². The van der Waals surface area contributed by atoms with Crippen molar-refractivity contribution in [3.63, 3.8) is 0 Å². The summed E-state index contributed by atoms with van der Waals surface area (Å²) in [5.41, 5.74) is 1.21. The molecule has 3 rings (SSSR count). The fourth-order valence-electron chi connectivity index (χ4n) is 3.26. The molecule has 1 aliphatic heterocycles. The summed E-state index contributed by atoms with van der Waals surface area (Å²) in [6.45, 7) is 2.52. The van der Waals surface area contributed by atoms with Crippen LogP contribution in [0.4, 0.5) is 0 Å². The molecule has 0 unspecified atom stereocenters. The smallest absolute Gasteiger partial charge is 0.345 e. The summed E-state index contributed by atoms with van der Waals surface area (Å²) in [7, 11) is 0. The SMILES string of the molecule is CC(=O)c1ccc(OCC(=O)O[C@@H](C(=O)N2CCCCC2)c2ccccc2)cc1. The van der Waals surface area contributed by atoms with E-state index in [2.05, 4.69) is 0 Å². The van der Waals surface area contributed by atoms with Crippen molar-refractivity contribution in [3.05, 3.63) is 65.7 Å². The average Bonchev–Trinajstić information content (AvgIpc) is 2.77. The largest absolute Gasteiger partial charge is 0.482 e. The first-order valence-corrected chi connectivity index (χ1v) is 9.81. The monoisotopic (exact) mass is 395 g/mol. The molecule has 1 atom stereocenters. The molecule has 1 amide bonds. The van der Waals surface area contributed by atoms with Gasteiger partial charge in [-0.1, -0.05) is 30.3 Å². The Labute approximate surface area is 170 Å². The minimum absolute atomic E-state index is 0.0436. The van der Waals surface area contributed by atoms with Gasteiger partial charge in [0.15, 0.2) is 12.4 Å². The van der Waals surface area contributed by atoms with E-state index in [1.165, 1.54) is 6.92 Å². The number of likely N-dealkylation sites (tertiary alicyclic amines) is 1. The molecule has 0 radical (unpaired) electrons. The van der Waals surface area contributed by atoms with Crippen molar-refractivity contribution >= 4 is 17.7 Å². The van der Waals surface area contributed by atoms with Gasteiger partial charge in [-0.05, 0) is 50.5 Å². The third-order valence-corrected chi connectivity index (χ3v) is 4.86. The van der Waals surface area contributed by atoms with Crippen molar-refractivity contribution in [2.75, 3.05) is 19.7 Å². The zero-order chi connectivity index (χ0) is 20.6. The number of ketones is 1. The van der Waals surface area contributed by atoms with Crippen LogP contribution in [0.25, 0.3) is 0 Å². The van der Waals surface area contributed by atoms with Crippen molar-refractivity contribution in [2.24, 2.45) is 0 Å². The van der Waals surface area contributed by atoms with E-state index < -0.39 is 12.1 Å². The highest BCUT2D eigenvalue weighted by Gasteiger charge is 2.30. The second kappa shape index (κ2) is 9.87. The number of nitrogens with zero attached hydrogens (tertiary/aromatic N) is 1. The summed E-state index contributed by atoms with van der Waals surface area (Å²) in [6.07, 6.45) is 2.04. The van der Waals surface area contributed by atoms with E-state index in [9.17, 15) is 14.4 Å². The predicted octanol–water partition coefficient (Wildman–Crippen LogP) is 3.57. The molecule has 0 N–H and O–H groups in total. The molecule has 1 heterocycles. The van der Waals surface area contributed by atoms with Gasteiger partial charge in [0.25, 0.3) is 5.91 Å². The molecule has 0 aromatic heterocycles. The Balaban J connectivity index is 1.64. The first kappa shape index (κ1) is 20.6. The molecule has 0 aliphatic carbocycles. The summed E-state index contributed by atoms with van der Waals surface area (Å²) >= 11 is 0. The number of ether oxygens (including phenoxy) is 2. The lowest BCUT2D eigenvalue weighted by Crippen LogP contribution is -2.40. The third-order valence-electron chi connectivity index (χ3n) is 4.86. The third kappa shape index (κ3) is 5.67. The molecular formula is C23H25NO5. The molecule has 2 aromatic carbocycles. The minimum atomic E-state index is -0.981. The fraction of sp³-hybridized carbons (Fsp3) is 0.348. The highest BCUT2D eigenvalue weighted by Crippen LogP contribution is 2.23. The van der Waals surface area contributed by atoms with Crippen molar-refractivity contribution in [2.45, 2.75) is 32.3 Å². The van der Waals surface area contributed by atoms with Crippen molar-refractivity contribution in [1.82, 2.24) is 4.90 Å². The molecule has 0 bridgehead atoms. The number of rotatable bonds is 7. The Bertz CT molecular complexity index is 841. The van der Waals surface area contributed by atoms with Gasteiger partial charge in [-0.2, -0.15) is 0 Å². The standard InChI is InChI=1S/C23H25NO5/c1-17(25)18-10-12-20(13-11-18)28-16-21(26)29-22(19-8-4-2-5-9-19)23(27)24-14-6-3-7-15-24/h2,4-5,8-13,22H,3,6-7,14-16H2,1H3/t22-/m1/s1. The van der Waals surface area contributed by atoms with E-state index in [1.807, 2.05) is 18.2 Å². The van der Waals surface area contributed by atoms with Crippen LogP contribution in [-0.4, -0.2) is 42.3 Å². The van der Waals surface area contributed by atoms with Crippen LogP contribution in [0.2, 0.25) is 0 Å². The molecule has 0 spiro atoms. The zero-order valence-corrected chi connectivity index (χ0v) is 16.5. The predicted molar refractivity (Wildman–Crippen MR) is 108 cm³/mol. The number of benzene rings is 2. The van der Waals surface area contributed by atoms with Crippen molar-refractivity contribution < 1.29 is 23.9 Å². The summed E-state index contributed by atoms with van der Waals surface area (Å²) in [6, 6.07) is 15.5. The van der Waals surface area contributed by atoms with Gasteiger partial charge in [-0.3, -0.25) is 9.59 Å². The molecule has 152 valence electrons. The number of hydrogen-bond acceptors (Lipinski definition) is 5. The minimum Gasteiger partial charge on any atom is -0.482 e. The summed E-state index contributed by atoms with van der Waals surface area (Å²) in [4.78, 5) is 38.5. The summed E-state index contributed by atoms with van der Waals surface area (Å²) in [5.74, 6) is -0.418. The Kier molecular flexibility index (Phi) is 7.00. The molecule has 6 nitrogen and oxygen atoms in total. The second-order valence-electron chi connectivity index (χ2n) is 7.04. The van der Waals surface area contributed by atoms with Gasteiger partial charge in [-0.15, -0.1) is 0 Å². The highest BCUT2D eigenvalue weighted by atomic mass is 16.6. The fourth-order valence-corrected chi connectivity index (χ4v) is 3.26. The lowest BCUT2D eigenvalue weighted by atomic mass is 10.1. The van der Waals surface area contributed by atoms with Crippen LogP contribution in [0.1, 0.15) is 48.2 Å². The van der Waals surface area contributed by atoms with E-state index in [1.54, 1.807) is 41.3 Å². The van der Waals surface area contributed by atoms with Gasteiger partial charge >= 0.3 is 5.97 Å². The van der Waals surface area contributed by atoms with Gasteiger partial charge in [-0.25, -0.2) is 4.79 Å². The number of piperidine rings is 1. The van der Waals surface area contributed by atoms with E-state index in [4.69, 9.17) is 9.47 Å². The number of carbonyl (C=O) groups excluding carboxylic acids is 3. The van der Waals surface area contributed by atoms with Crippen LogP contribution in [-0.2, 0) is 14.3 Å². The molecule has 29 heavy (non-hydrogen) atoms. The first-order chi connectivity index (χ1) is 14.0. The van der Waals surface area contributed by atoms with E-state index >= 15 is 0 Å². The van der Waals surface area contributed by atoms with Crippen molar-refractivity contribution in [1.29, 1.82) is 0 Å². The molecule has 1 fully saturated rings. The van der Waals surface area contributed by atoms with E-state index in [0.717, 1.165) is 19.3 Å². The molecular weight excluding hydrogens is 370 g/mol.